The van der Waals surface area contributed by atoms with Crippen LogP contribution in [0.25, 0.3) is 0 Å². The molecule has 0 radical (unpaired) electrons. The Bertz CT molecular complexity index is 281. The van der Waals surface area contributed by atoms with Crippen molar-refractivity contribution in [1.82, 2.24) is 0 Å². The SMILES string of the molecule is CCC(SSSSSC(CC)[Si](C)(OC)OC)[Si](C)(OC)OC. The van der Waals surface area contributed by atoms with E-state index in [1.54, 1.807) is 57.9 Å². The molecule has 0 aliphatic rings. The Labute approximate surface area is 163 Å². The van der Waals surface area contributed by atoms with Crippen LogP contribution in [0.5, 0.6) is 0 Å². The van der Waals surface area contributed by atoms with E-state index in [-0.39, 0.29) is 0 Å². The molecule has 0 bridgehead atoms. The minimum Gasteiger partial charge on any atom is -0.397 e. The fourth-order valence-corrected chi connectivity index (χ4v) is 21.4. The van der Waals surface area contributed by atoms with Gasteiger partial charge in [0.15, 0.2) is 0 Å². The first-order valence-electron chi connectivity index (χ1n) is 7.40. The minimum absolute atomic E-state index is 0.417. The van der Waals surface area contributed by atoms with Gasteiger partial charge in [0.05, 0.1) is 9.75 Å². The first-order chi connectivity index (χ1) is 10.9. The van der Waals surface area contributed by atoms with Crippen LogP contribution in [0.2, 0.25) is 13.1 Å². The summed E-state index contributed by atoms with van der Waals surface area (Å²) in [6.07, 6.45) is 2.10. The molecule has 0 aliphatic carbocycles. The average molecular weight is 455 g/mol. The standard InChI is InChI=1S/C12H30O4S5Si2/c1-9-11(22(7,13-3)14-4)17-19-21-20-18-12(10-2)23(8,15-5)16-6/h11-12H,9-10H2,1-8H3. The van der Waals surface area contributed by atoms with Gasteiger partial charge < -0.3 is 17.7 Å². The molecule has 0 aromatic heterocycles. The molecule has 0 spiro atoms. The smallest absolute Gasteiger partial charge is 0.348 e. The Morgan fingerprint density at radius 1 is 0.652 bits per heavy atom. The van der Waals surface area contributed by atoms with Gasteiger partial charge in [-0.3, -0.25) is 0 Å². The lowest BCUT2D eigenvalue weighted by Crippen LogP contribution is -2.47. The molecule has 11 heteroatoms. The summed E-state index contributed by atoms with van der Waals surface area (Å²) in [5.74, 6) is 0. The van der Waals surface area contributed by atoms with Crippen LogP contribution in [-0.4, -0.2) is 55.3 Å². The predicted molar refractivity (Wildman–Crippen MR) is 117 cm³/mol. The molecule has 0 aliphatic heterocycles. The van der Waals surface area contributed by atoms with Gasteiger partial charge in [-0.2, -0.15) is 0 Å². The van der Waals surface area contributed by atoms with Crippen molar-refractivity contribution in [2.24, 2.45) is 0 Å². The molecule has 0 aromatic rings. The average Bonchev–Trinajstić information content (AvgIpc) is 2.59. The van der Waals surface area contributed by atoms with Crippen LogP contribution in [0.3, 0.4) is 0 Å². The lowest BCUT2D eigenvalue weighted by atomic mass is 10.6. The monoisotopic (exact) mass is 454 g/mol. The zero-order chi connectivity index (χ0) is 17.9. The summed E-state index contributed by atoms with van der Waals surface area (Å²) in [5, 5.41) is 0. The van der Waals surface area contributed by atoms with Crippen LogP contribution < -0.4 is 0 Å². The van der Waals surface area contributed by atoms with Crippen molar-refractivity contribution in [3.8, 4) is 0 Å². The van der Waals surface area contributed by atoms with E-state index in [2.05, 4.69) is 26.9 Å². The molecule has 0 rings (SSSR count). The van der Waals surface area contributed by atoms with Gasteiger partial charge in [-0.25, -0.2) is 0 Å². The van der Waals surface area contributed by atoms with Crippen molar-refractivity contribution in [2.75, 3.05) is 28.4 Å². The third-order valence-corrected chi connectivity index (χ3v) is 23.6. The van der Waals surface area contributed by atoms with Gasteiger partial charge in [0.2, 0.25) is 0 Å². The molecule has 0 N–H and O–H groups in total. The molecule has 0 aromatic carbocycles. The minimum atomic E-state index is -2.08. The van der Waals surface area contributed by atoms with Crippen LogP contribution >= 0.6 is 51.1 Å². The summed E-state index contributed by atoms with van der Waals surface area (Å²) in [6.45, 7) is 8.63. The molecule has 0 saturated carbocycles. The molecule has 0 fully saturated rings. The van der Waals surface area contributed by atoms with Crippen molar-refractivity contribution in [2.45, 2.75) is 49.5 Å². The van der Waals surface area contributed by atoms with E-state index < -0.39 is 17.1 Å². The molecule has 2 unspecified atom stereocenters. The third-order valence-electron chi connectivity index (χ3n) is 3.90. The second-order valence-electron chi connectivity index (χ2n) is 5.04. The van der Waals surface area contributed by atoms with Gasteiger partial charge in [-0.15, -0.1) is 0 Å². The predicted octanol–water partition coefficient (Wildman–Crippen LogP) is 5.68. The van der Waals surface area contributed by atoms with Crippen LogP contribution in [0.1, 0.15) is 26.7 Å². The summed E-state index contributed by atoms with van der Waals surface area (Å²) in [7, 11) is 12.0. The maximum Gasteiger partial charge on any atom is 0.348 e. The summed E-state index contributed by atoms with van der Waals surface area (Å²) in [4.78, 5) is 0.834. The van der Waals surface area contributed by atoms with Gasteiger partial charge in [0, 0.05) is 28.4 Å². The number of hydrogen-bond donors (Lipinski definition) is 0. The molecular formula is C12H30O4S5Si2. The van der Waals surface area contributed by atoms with Gasteiger partial charge in [-0.1, -0.05) is 35.4 Å². The van der Waals surface area contributed by atoms with E-state index in [1.807, 2.05) is 21.6 Å². The maximum absolute atomic E-state index is 5.66. The summed E-state index contributed by atoms with van der Waals surface area (Å²) in [5.41, 5.74) is 0. The van der Waals surface area contributed by atoms with Crippen molar-refractivity contribution in [3.05, 3.63) is 0 Å². The molecular weight excluding hydrogens is 425 g/mol. The Hall–Kier alpha value is 2.02. The van der Waals surface area contributed by atoms with Crippen LogP contribution in [0.4, 0.5) is 0 Å². The fraction of sp³-hybridized carbons (Fsp3) is 1.00. The summed E-state index contributed by atoms with van der Waals surface area (Å²) in [6, 6.07) is 0. The number of hydrogen-bond acceptors (Lipinski definition) is 9. The summed E-state index contributed by atoms with van der Waals surface area (Å²) >= 11 is 0. The Morgan fingerprint density at radius 2 is 0.957 bits per heavy atom. The first kappa shape index (κ1) is 25.0. The highest BCUT2D eigenvalue weighted by Crippen LogP contribution is 2.53. The van der Waals surface area contributed by atoms with Crippen molar-refractivity contribution >= 4 is 68.2 Å². The normalized spacial score (nSPS) is 15.7. The van der Waals surface area contributed by atoms with E-state index in [0.717, 1.165) is 12.8 Å². The topological polar surface area (TPSA) is 36.9 Å². The molecule has 0 heterocycles. The second-order valence-corrected chi connectivity index (χ2v) is 21.0. The van der Waals surface area contributed by atoms with Crippen molar-refractivity contribution in [1.29, 1.82) is 0 Å². The molecule has 23 heavy (non-hydrogen) atoms. The Balaban J connectivity index is 4.25. The van der Waals surface area contributed by atoms with Crippen LogP contribution in [0, 0.1) is 0 Å². The molecule has 0 amide bonds. The highest BCUT2D eigenvalue weighted by Gasteiger charge is 2.40. The lowest BCUT2D eigenvalue weighted by Gasteiger charge is -2.30. The number of rotatable bonds is 14. The van der Waals surface area contributed by atoms with Gasteiger partial charge in [0.1, 0.15) is 0 Å². The maximum atomic E-state index is 5.66. The highest BCUT2D eigenvalue weighted by atomic mass is 33.8. The second kappa shape index (κ2) is 13.2. The van der Waals surface area contributed by atoms with Crippen LogP contribution in [0.15, 0.2) is 0 Å². The molecule has 140 valence electrons. The van der Waals surface area contributed by atoms with E-state index in [9.17, 15) is 0 Å². The van der Waals surface area contributed by atoms with Gasteiger partial charge in [-0.05, 0) is 55.4 Å². The molecule has 4 nitrogen and oxygen atoms in total. The molecule has 2 atom stereocenters. The summed E-state index contributed by atoms with van der Waals surface area (Å²) < 4.78 is 22.6. The van der Waals surface area contributed by atoms with E-state index in [0.29, 0.717) is 9.75 Å². The Morgan fingerprint density at radius 3 is 1.17 bits per heavy atom. The molecule has 0 saturated heterocycles. The zero-order valence-corrected chi connectivity index (χ0v) is 21.3. The van der Waals surface area contributed by atoms with Crippen molar-refractivity contribution < 1.29 is 17.7 Å². The Kier molecular flexibility index (Phi) is 14.4. The highest BCUT2D eigenvalue weighted by molar-refractivity contribution is 9.35. The van der Waals surface area contributed by atoms with E-state index in [1.165, 1.54) is 0 Å². The van der Waals surface area contributed by atoms with Crippen LogP contribution in [-0.2, 0) is 17.7 Å². The fourth-order valence-electron chi connectivity index (χ4n) is 1.88. The third kappa shape index (κ3) is 8.06. The van der Waals surface area contributed by atoms with Gasteiger partial charge in [0.25, 0.3) is 0 Å². The van der Waals surface area contributed by atoms with Gasteiger partial charge >= 0.3 is 17.1 Å². The largest absolute Gasteiger partial charge is 0.397 e. The quantitative estimate of drug-likeness (QED) is 0.187. The van der Waals surface area contributed by atoms with E-state index >= 15 is 0 Å². The van der Waals surface area contributed by atoms with E-state index in [4.69, 9.17) is 17.7 Å². The lowest BCUT2D eigenvalue weighted by molar-refractivity contribution is 0.246. The zero-order valence-electron chi connectivity index (χ0n) is 15.2. The van der Waals surface area contributed by atoms with Crippen molar-refractivity contribution in [3.63, 3.8) is 0 Å². The first-order valence-corrected chi connectivity index (χ1v) is 18.5.